The van der Waals surface area contributed by atoms with Crippen molar-refractivity contribution in [2.75, 3.05) is 32.5 Å². The van der Waals surface area contributed by atoms with Gasteiger partial charge in [-0.15, -0.1) is 24.0 Å². The molecule has 1 unspecified atom stereocenters. The van der Waals surface area contributed by atoms with Crippen molar-refractivity contribution in [2.24, 2.45) is 4.99 Å². The Kier molecular flexibility index (Phi) is 10.9. The first kappa shape index (κ1) is 19.4. The second kappa shape index (κ2) is 11.8. The molecule has 2 rings (SSSR count). The fourth-order valence-electron chi connectivity index (χ4n) is 2.82. The van der Waals surface area contributed by atoms with Crippen LogP contribution in [0.2, 0.25) is 0 Å². The van der Waals surface area contributed by atoms with Gasteiger partial charge >= 0.3 is 0 Å². The van der Waals surface area contributed by atoms with E-state index in [0.29, 0.717) is 6.10 Å². The number of ether oxygens (including phenoxy) is 1. The van der Waals surface area contributed by atoms with Crippen molar-refractivity contribution in [3.05, 3.63) is 0 Å². The van der Waals surface area contributed by atoms with Crippen LogP contribution in [0.5, 0.6) is 0 Å². The lowest BCUT2D eigenvalue weighted by Gasteiger charge is -2.15. The number of halogens is 1. The highest BCUT2D eigenvalue weighted by atomic mass is 127. The van der Waals surface area contributed by atoms with E-state index in [-0.39, 0.29) is 24.0 Å². The van der Waals surface area contributed by atoms with Crippen LogP contribution in [0, 0.1) is 0 Å². The summed E-state index contributed by atoms with van der Waals surface area (Å²) in [6, 6.07) is 0. The molecule has 0 aromatic rings. The van der Waals surface area contributed by atoms with Gasteiger partial charge in [0.15, 0.2) is 5.96 Å². The van der Waals surface area contributed by atoms with E-state index >= 15 is 0 Å². The smallest absolute Gasteiger partial charge is 0.191 e. The summed E-state index contributed by atoms with van der Waals surface area (Å²) in [7, 11) is 1.84. The Labute approximate surface area is 150 Å². The van der Waals surface area contributed by atoms with Crippen molar-refractivity contribution >= 4 is 41.7 Å². The molecular formula is C15H30IN3OS. The predicted octanol–water partition coefficient (Wildman–Crippen LogP) is 3.01. The van der Waals surface area contributed by atoms with Crippen LogP contribution in [0.25, 0.3) is 0 Å². The maximum absolute atomic E-state index is 5.86. The van der Waals surface area contributed by atoms with Crippen molar-refractivity contribution in [3.63, 3.8) is 0 Å². The molecule has 1 saturated carbocycles. The zero-order chi connectivity index (χ0) is 14.0. The van der Waals surface area contributed by atoms with E-state index < -0.39 is 0 Å². The number of rotatable bonds is 7. The first-order valence-corrected chi connectivity index (χ1v) is 9.11. The van der Waals surface area contributed by atoms with Crippen molar-refractivity contribution in [1.82, 2.24) is 10.6 Å². The molecule has 0 aromatic heterocycles. The average Bonchev–Trinajstić information content (AvgIpc) is 3.14. The summed E-state index contributed by atoms with van der Waals surface area (Å²) in [5, 5.41) is 7.55. The van der Waals surface area contributed by atoms with Gasteiger partial charge in [0.25, 0.3) is 0 Å². The summed E-state index contributed by atoms with van der Waals surface area (Å²) in [6.07, 6.45) is 9.50. The van der Waals surface area contributed by atoms with E-state index in [2.05, 4.69) is 27.4 Å². The van der Waals surface area contributed by atoms with Gasteiger partial charge in [-0.2, -0.15) is 11.8 Å². The summed E-state index contributed by atoms with van der Waals surface area (Å²) in [4.78, 5) is 4.27. The number of guanidine groups is 1. The van der Waals surface area contributed by atoms with Crippen LogP contribution in [0.4, 0.5) is 0 Å². The molecule has 1 saturated heterocycles. The quantitative estimate of drug-likeness (QED) is 0.284. The third kappa shape index (κ3) is 7.93. The number of hydrogen-bond acceptors (Lipinski definition) is 3. The van der Waals surface area contributed by atoms with Gasteiger partial charge in [0.1, 0.15) is 0 Å². The van der Waals surface area contributed by atoms with E-state index in [0.717, 1.165) is 37.3 Å². The van der Waals surface area contributed by atoms with E-state index in [4.69, 9.17) is 4.74 Å². The molecule has 1 atom stereocenters. The lowest BCUT2D eigenvalue weighted by molar-refractivity contribution is 0.0574. The van der Waals surface area contributed by atoms with Gasteiger partial charge in [-0.1, -0.05) is 12.8 Å². The summed E-state index contributed by atoms with van der Waals surface area (Å²) in [5.41, 5.74) is 0. The van der Waals surface area contributed by atoms with Gasteiger partial charge in [-0.05, 0) is 37.9 Å². The Balaban J connectivity index is 0.00000220. The fourth-order valence-corrected chi connectivity index (χ4v) is 4.02. The van der Waals surface area contributed by atoms with Crippen molar-refractivity contribution < 1.29 is 4.74 Å². The van der Waals surface area contributed by atoms with E-state index in [9.17, 15) is 0 Å². The molecule has 21 heavy (non-hydrogen) atoms. The summed E-state index contributed by atoms with van der Waals surface area (Å²) in [6.45, 7) is 2.83. The van der Waals surface area contributed by atoms with Crippen molar-refractivity contribution in [3.8, 4) is 0 Å². The molecule has 4 nitrogen and oxygen atoms in total. The fraction of sp³-hybridized carbons (Fsp3) is 0.933. The molecule has 6 heteroatoms. The van der Waals surface area contributed by atoms with Gasteiger partial charge in [-0.25, -0.2) is 0 Å². The summed E-state index contributed by atoms with van der Waals surface area (Å²) in [5.74, 6) is 2.25. The van der Waals surface area contributed by atoms with Crippen LogP contribution in [-0.2, 0) is 4.74 Å². The molecular weight excluding hydrogens is 397 g/mol. The van der Waals surface area contributed by atoms with Gasteiger partial charge in [0, 0.05) is 32.0 Å². The summed E-state index contributed by atoms with van der Waals surface area (Å²) < 4.78 is 5.86. The largest absolute Gasteiger partial charge is 0.378 e. The van der Waals surface area contributed by atoms with Crippen LogP contribution in [-0.4, -0.2) is 49.8 Å². The first-order chi connectivity index (χ1) is 9.88. The minimum absolute atomic E-state index is 0. The van der Waals surface area contributed by atoms with Gasteiger partial charge < -0.3 is 15.4 Å². The van der Waals surface area contributed by atoms with Crippen molar-refractivity contribution in [2.45, 2.75) is 56.3 Å². The molecule has 0 radical (unpaired) electrons. The monoisotopic (exact) mass is 427 g/mol. The Bertz CT molecular complexity index is 293. The van der Waals surface area contributed by atoms with Crippen LogP contribution in [0.3, 0.4) is 0 Å². The second-order valence-corrected chi connectivity index (χ2v) is 7.05. The maximum atomic E-state index is 5.86. The Morgan fingerprint density at radius 3 is 2.67 bits per heavy atom. The minimum Gasteiger partial charge on any atom is -0.378 e. The second-order valence-electron chi connectivity index (χ2n) is 5.65. The normalized spacial score (nSPS) is 23.1. The van der Waals surface area contributed by atoms with Gasteiger partial charge in [0.2, 0.25) is 0 Å². The number of hydrogen-bond donors (Lipinski definition) is 2. The zero-order valence-electron chi connectivity index (χ0n) is 13.1. The van der Waals surface area contributed by atoms with E-state index in [1.807, 2.05) is 7.05 Å². The number of thioether (sulfide) groups is 1. The summed E-state index contributed by atoms with van der Waals surface area (Å²) >= 11 is 2.08. The van der Waals surface area contributed by atoms with Crippen LogP contribution in [0.15, 0.2) is 4.99 Å². The third-order valence-corrected chi connectivity index (χ3v) is 5.41. The zero-order valence-corrected chi connectivity index (χ0v) is 16.3. The third-order valence-electron chi connectivity index (χ3n) is 4.01. The average molecular weight is 427 g/mol. The predicted molar refractivity (Wildman–Crippen MR) is 103 cm³/mol. The van der Waals surface area contributed by atoms with Gasteiger partial charge in [0.05, 0.1) is 6.10 Å². The lowest BCUT2D eigenvalue weighted by atomic mass is 10.2. The highest BCUT2D eigenvalue weighted by Gasteiger charge is 2.16. The SMILES string of the molecule is CN=C(NCCCOC1CCCC1)NCC1CCCS1.I. The molecule has 1 aliphatic heterocycles. The first-order valence-electron chi connectivity index (χ1n) is 8.06. The Morgan fingerprint density at radius 2 is 2.00 bits per heavy atom. The van der Waals surface area contributed by atoms with E-state index in [1.165, 1.54) is 44.3 Å². The molecule has 0 spiro atoms. The molecule has 0 aromatic carbocycles. The Hall–Kier alpha value is 0.310. The molecule has 2 N–H and O–H groups in total. The Morgan fingerprint density at radius 1 is 1.19 bits per heavy atom. The molecule has 2 aliphatic rings. The van der Waals surface area contributed by atoms with Crippen molar-refractivity contribution in [1.29, 1.82) is 0 Å². The van der Waals surface area contributed by atoms with Crippen LogP contribution in [0.1, 0.15) is 44.9 Å². The molecule has 0 amide bonds. The molecule has 1 heterocycles. The highest BCUT2D eigenvalue weighted by molar-refractivity contribution is 14.0. The van der Waals surface area contributed by atoms with Crippen LogP contribution < -0.4 is 10.6 Å². The topological polar surface area (TPSA) is 45.7 Å². The number of nitrogens with one attached hydrogen (secondary N) is 2. The number of nitrogens with zero attached hydrogens (tertiary/aromatic N) is 1. The molecule has 0 bridgehead atoms. The highest BCUT2D eigenvalue weighted by Crippen LogP contribution is 2.25. The number of aliphatic imine (C=N–C) groups is 1. The standard InChI is InChI=1S/C15H29N3OS.HI/c1-16-15(18-12-14-8-4-11-20-14)17-9-5-10-19-13-6-2-3-7-13;/h13-14H,2-12H2,1H3,(H2,16,17,18);1H. The van der Waals surface area contributed by atoms with Gasteiger partial charge in [-0.3, -0.25) is 4.99 Å². The molecule has 124 valence electrons. The minimum atomic E-state index is 0. The maximum Gasteiger partial charge on any atom is 0.191 e. The van der Waals surface area contributed by atoms with E-state index in [1.54, 1.807) is 0 Å². The lowest BCUT2D eigenvalue weighted by Crippen LogP contribution is -2.40. The molecule has 2 fully saturated rings. The van der Waals surface area contributed by atoms with Crippen LogP contribution >= 0.6 is 35.7 Å². The molecule has 1 aliphatic carbocycles.